The monoisotopic (exact) mass is 540 g/mol. The number of hydrogen-bond acceptors (Lipinski definition) is 6. The summed E-state index contributed by atoms with van der Waals surface area (Å²) < 4.78 is 0. The van der Waals surface area contributed by atoms with Crippen molar-refractivity contribution in [3.8, 4) is 16.9 Å². The van der Waals surface area contributed by atoms with Gasteiger partial charge in [0.2, 0.25) is 0 Å². The molecule has 1 aliphatic heterocycles. The summed E-state index contributed by atoms with van der Waals surface area (Å²) in [5.41, 5.74) is 0.705. The van der Waals surface area contributed by atoms with Gasteiger partial charge in [0.15, 0.2) is 12.1 Å². The third-order valence-corrected chi connectivity index (χ3v) is 6.74. The van der Waals surface area contributed by atoms with Crippen LogP contribution in [0.15, 0.2) is 48.5 Å². The first-order valence-corrected chi connectivity index (χ1v) is 12.0. The predicted molar refractivity (Wildman–Crippen MR) is 140 cm³/mol. The number of anilines is 1. The number of Topliss-reactive ketones (excluding diaryl/α,β-unsaturated/α-hetero) is 1. The number of aldehydes is 1. The third kappa shape index (κ3) is 5.67. The number of carboxylic acids is 1. The van der Waals surface area contributed by atoms with Gasteiger partial charge < -0.3 is 20.4 Å². The second-order valence-corrected chi connectivity index (χ2v) is 9.78. The van der Waals surface area contributed by atoms with Crippen molar-refractivity contribution in [3.05, 3.63) is 80.8 Å². The molecule has 0 aromatic heterocycles. The first-order chi connectivity index (χ1) is 17.6. The van der Waals surface area contributed by atoms with E-state index in [1.165, 1.54) is 0 Å². The van der Waals surface area contributed by atoms with E-state index in [1.807, 2.05) is 7.05 Å². The fourth-order valence-electron chi connectivity index (χ4n) is 4.37. The maximum Gasteiger partial charge on any atom is 0.339 e. The number of hydrogen-bond donors (Lipinski definition) is 3. The van der Waals surface area contributed by atoms with Crippen molar-refractivity contribution in [2.75, 3.05) is 25.5 Å². The average Bonchev–Trinajstić information content (AvgIpc) is 2.82. The molecule has 0 spiro atoms. The van der Waals surface area contributed by atoms with E-state index in [4.69, 9.17) is 23.2 Å². The summed E-state index contributed by atoms with van der Waals surface area (Å²) >= 11 is 12.4. The lowest BCUT2D eigenvalue weighted by Gasteiger charge is -2.35. The number of carboxylic acid groups (broad SMARTS) is 1. The number of aromatic carboxylic acids is 1. The molecular weight excluding hydrogens is 519 g/mol. The molecule has 1 amide bonds. The van der Waals surface area contributed by atoms with Crippen LogP contribution >= 0.6 is 23.2 Å². The number of carbonyl (C=O) groups is 4. The minimum Gasteiger partial charge on any atom is -0.507 e. The van der Waals surface area contributed by atoms with Crippen LogP contribution in [-0.4, -0.2) is 59.2 Å². The molecule has 1 saturated heterocycles. The van der Waals surface area contributed by atoms with Crippen LogP contribution in [0.5, 0.6) is 5.75 Å². The van der Waals surface area contributed by atoms with Crippen LogP contribution in [0, 0.1) is 5.92 Å². The minimum atomic E-state index is -1.45. The summed E-state index contributed by atoms with van der Waals surface area (Å²) in [7, 11) is 1.97. The molecule has 0 atom stereocenters. The van der Waals surface area contributed by atoms with Gasteiger partial charge in [0.25, 0.3) is 5.91 Å². The van der Waals surface area contributed by atoms with E-state index in [9.17, 15) is 29.4 Å². The molecule has 10 heteroatoms. The van der Waals surface area contributed by atoms with Gasteiger partial charge in [0, 0.05) is 46.2 Å². The molecule has 0 radical (unpaired) electrons. The Morgan fingerprint density at radius 1 is 1.03 bits per heavy atom. The average molecular weight is 541 g/mol. The van der Waals surface area contributed by atoms with Crippen molar-refractivity contribution in [1.29, 1.82) is 0 Å². The van der Waals surface area contributed by atoms with Crippen molar-refractivity contribution in [1.82, 2.24) is 4.90 Å². The van der Waals surface area contributed by atoms with Crippen LogP contribution in [0.3, 0.4) is 0 Å². The lowest BCUT2D eigenvalue weighted by Crippen LogP contribution is -2.44. The number of carbonyl (C=O) groups excluding carboxylic acids is 3. The summed E-state index contributed by atoms with van der Waals surface area (Å²) in [6.07, 6.45) is 0.617. The van der Waals surface area contributed by atoms with Gasteiger partial charge in [-0.15, -0.1) is 0 Å². The number of aromatic hydroxyl groups is 1. The summed E-state index contributed by atoms with van der Waals surface area (Å²) in [4.78, 5) is 51.4. The van der Waals surface area contributed by atoms with E-state index in [2.05, 4.69) is 10.2 Å². The molecule has 37 heavy (non-hydrogen) atoms. The van der Waals surface area contributed by atoms with E-state index in [0.717, 1.165) is 25.2 Å². The molecule has 0 aliphatic carbocycles. The Hall–Kier alpha value is -3.72. The molecule has 1 aliphatic rings. The molecule has 0 unspecified atom stereocenters. The van der Waals surface area contributed by atoms with Gasteiger partial charge in [0.05, 0.1) is 11.3 Å². The highest BCUT2D eigenvalue weighted by Crippen LogP contribution is 2.34. The van der Waals surface area contributed by atoms with Gasteiger partial charge in [0.1, 0.15) is 11.3 Å². The maximum absolute atomic E-state index is 13.2. The van der Waals surface area contributed by atoms with Gasteiger partial charge in [-0.25, -0.2) is 4.79 Å². The topological polar surface area (TPSA) is 124 Å². The van der Waals surface area contributed by atoms with E-state index < -0.39 is 23.2 Å². The van der Waals surface area contributed by atoms with Crippen molar-refractivity contribution in [2.45, 2.75) is 6.42 Å². The highest BCUT2D eigenvalue weighted by molar-refractivity contribution is 6.36. The van der Waals surface area contributed by atoms with Crippen LogP contribution in [0.1, 0.15) is 47.9 Å². The Balaban J connectivity index is 1.74. The van der Waals surface area contributed by atoms with Crippen LogP contribution in [-0.2, 0) is 0 Å². The first-order valence-electron chi connectivity index (χ1n) is 11.3. The molecule has 0 bridgehead atoms. The zero-order valence-electron chi connectivity index (χ0n) is 19.6. The zero-order valence-corrected chi connectivity index (χ0v) is 21.1. The maximum atomic E-state index is 13.2. The highest BCUT2D eigenvalue weighted by atomic mass is 35.5. The lowest BCUT2D eigenvalue weighted by atomic mass is 9.90. The normalized spacial score (nSPS) is 13.6. The van der Waals surface area contributed by atoms with Crippen LogP contribution in [0.25, 0.3) is 11.1 Å². The third-order valence-electron chi connectivity index (χ3n) is 6.19. The summed E-state index contributed by atoms with van der Waals surface area (Å²) in [6.45, 7) is 1.59. The van der Waals surface area contributed by atoms with E-state index in [0.29, 0.717) is 33.9 Å². The van der Waals surface area contributed by atoms with Gasteiger partial charge in [-0.05, 0) is 54.9 Å². The fraction of sp³-hybridized carbons (Fsp3) is 0.185. The van der Waals surface area contributed by atoms with Gasteiger partial charge in [-0.2, -0.15) is 0 Å². The molecule has 1 heterocycles. The Bertz CT molecular complexity index is 1430. The van der Waals surface area contributed by atoms with Crippen molar-refractivity contribution in [2.24, 2.45) is 5.92 Å². The molecule has 190 valence electrons. The molecule has 3 aromatic carbocycles. The fourth-order valence-corrected chi connectivity index (χ4v) is 4.89. The molecular formula is C27H22Cl2N2O6. The first kappa shape index (κ1) is 26.3. The van der Waals surface area contributed by atoms with Gasteiger partial charge in [-0.1, -0.05) is 35.3 Å². The van der Waals surface area contributed by atoms with Crippen molar-refractivity contribution in [3.63, 3.8) is 0 Å². The number of amides is 1. The highest BCUT2D eigenvalue weighted by Gasteiger charge is 2.27. The van der Waals surface area contributed by atoms with Crippen molar-refractivity contribution >= 4 is 52.8 Å². The second-order valence-electron chi connectivity index (χ2n) is 8.93. The smallest absolute Gasteiger partial charge is 0.339 e. The zero-order chi connectivity index (χ0) is 26.9. The summed E-state index contributed by atoms with van der Waals surface area (Å²) in [5, 5.41) is 22.8. The Morgan fingerprint density at radius 2 is 1.76 bits per heavy atom. The van der Waals surface area contributed by atoms with Crippen LogP contribution in [0.2, 0.25) is 10.0 Å². The number of phenols is 1. The number of likely N-dealkylation sites (tertiary alicyclic amines) is 1. The number of halogens is 2. The molecule has 3 aromatic rings. The lowest BCUT2D eigenvalue weighted by molar-refractivity contribution is 0.0692. The SMILES string of the molecule is CN1CC(CC(=O)c2ccc(-c3ccc(Cl)cc3Cl)cc2NC(=O)c2cc(O)c(C(=O)O)cc2C=O)C1. The molecule has 4 rings (SSSR count). The Kier molecular flexibility index (Phi) is 7.63. The standard InChI is InChI=1S/C27H22Cl2N2O6/c1-31-11-14(12-31)6-24(33)19-4-2-15(18-5-3-17(28)9-22(18)29)8-23(19)30-26(35)20-10-25(34)21(27(36)37)7-16(20)13-32/h2-5,7-10,13-14,34H,6,11-12H2,1H3,(H,30,35)(H,36,37). The van der Waals surface area contributed by atoms with E-state index in [1.54, 1.807) is 36.4 Å². The number of ketones is 1. The number of benzene rings is 3. The number of rotatable bonds is 8. The molecule has 1 fully saturated rings. The quantitative estimate of drug-likeness (QED) is 0.262. The summed E-state index contributed by atoms with van der Waals surface area (Å²) in [5.74, 6) is -2.88. The van der Waals surface area contributed by atoms with Gasteiger partial charge in [-0.3, -0.25) is 14.4 Å². The number of nitrogens with one attached hydrogen (secondary N) is 1. The Labute approximate surface area is 222 Å². The van der Waals surface area contributed by atoms with Gasteiger partial charge >= 0.3 is 5.97 Å². The van der Waals surface area contributed by atoms with Crippen LogP contribution in [0.4, 0.5) is 5.69 Å². The van der Waals surface area contributed by atoms with E-state index >= 15 is 0 Å². The largest absolute Gasteiger partial charge is 0.507 e. The molecule has 8 nitrogen and oxygen atoms in total. The second kappa shape index (κ2) is 10.7. The Morgan fingerprint density at radius 3 is 2.38 bits per heavy atom. The van der Waals surface area contributed by atoms with Crippen molar-refractivity contribution < 1.29 is 29.4 Å². The predicted octanol–water partition coefficient (Wildman–Crippen LogP) is 5.26. The summed E-state index contributed by atoms with van der Waals surface area (Å²) in [6, 6.07) is 11.7. The minimum absolute atomic E-state index is 0.165. The number of nitrogens with zero attached hydrogens (tertiary/aromatic N) is 1. The van der Waals surface area contributed by atoms with Crippen LogP contribution < -0.4 is 5.32 Å². The molecule has 3 N–H and O–H groups in total. The van der Waals surface area contributed by atoms with E-state index in [-0.39, 0.29) is 34.1 Å². The molecule has 0 saturated carbocycles.